The summed E-state index contributed by atoms with van der Waals surface area (Å²) in [6.07, 6.45) is 0.642. The standard InChI is InChI=1S/C22H24FN5O3/c1-13-10-14(2)28(27-13)19-9-6-15(12-24-19)20(29)25-16-7-8-17(23)18(11-16)26-21(30)31-22(3,4)5/h6-12H,1-5H3,(H,25,29)(H,26,30). The number of pyridine rings is 1. The summed E-state index contributed by atoms with van der Waals surface area (Å²) in [6, 6.07) is 9.10. The summed E-state index contributed by atoms with van der Waals surface area (Å²) in [5.74, 6) is -0.491. The minimum atomic E-state index is -0.793. The number of aromatic nitrogens is 3. The second-order valence-electron chi connectivity index (χ2n) is 8.02. The molecule has 0 aliphatic rings. The van der Waals surface area contributed by atoms with Gasteiger partial charge >= 0.3 is 6.09 Å². The molecule has 0 spiro atoms. The van der Waals surface area contributed by atoms with E-state index in [0.717, 1.165) is 17.5 Å². The van der Waals surface area contributed by atoms with Crippen molar-refractivity contribution in [3.05, 3.63) is 65.4 Å². The minimum absolute atomic E-state index is 0.106. The summed E-state index contributed by atoms with van der Waals surface area (Å²) in [4.78, 5) is 28.8. The molecule has 0 radical (unpaired) electrons. The molecule has 3 rings (SSSR count). The molecule has 2 amide bonds. The fourth-order valence-corrected chi connectivity index (χ4v) is 2.82. The van der Waals surface area contributed by atoms with Gasteiger partial charge in [-0.05, 0) is 71.0 Å². The molecule has 0 fully saturated rings. The van der Waals surface area contributed by atoms with Crippen LogP contribution in [0.4, 0.5) is 20.6 Å². The Kier molecular flexibility index (Phi) is 6.05. The average Bonchev–Trinajstić information content (AvgIpc) is 3.01. The van der Waals surface area contributed by atoms with Crippen LogP contribution in [0.25, 0.3) is 5.82 Å². The Bertz CT molecular complexity index is 1120. The highest BCUT2D eigenvalue weighted by atomic mass is 19.1. The molecule has 2 aromatic heterocycles. The van der Waals surface area contributed by atoms with Crippen molar-refractivity contribution in [1.29, 1.82) is 0 Å². The normalized spacial score (nSPS) is 11.2. The predicted octanol–water partition coefficient (Wildman–Crippen LogP) is 4.62. The fraction of sp³-hybridized carbons (Fsp3) is 0.273. The molecule has 0 unspecified atom stereocenters. The number of halogens is 1. The first-order valence-corrected chi connectivity index (χ1v) is 9.62. The van der Waals surface area contributed by atoms with E-state index in [2.05, 4.69) is 20.7 Å². The largest absolute Gasteiger partial charge is 0.444 e. The average molecular weight is 425 g/mol. The van der Waals surface area contributed by atoms with Crippen molar-refractivity contribution in [3.63, 3.8) is 0 Å². The van der Waals surface area contributed by atoms with Crippen LogP contribution in [0.3, 0.4) is 0 Å². The summed E-state index contributed by atoms with van der Waals surface area (Å²) >= 11 is 0. The van der Waals surface area contributed by atoms with Gasteiger partial charge in [-0.15, -0.1) is 0 Å². The SMILES string of the molecule is Cc1cc(C)n(-c2ccc(C(=O)Nc3ccc(F)c(NC(=O)OC(C)(C)C)c3)cn2)n1. The first-order chi connectivity index (χ1) is 14.5. The van der Waals surface area contributed by atoms with Crippen molar-refractivity contribution >= 4 is 23.4 Å². The van der Waals surface area contributed by atoms with Gasteiger partial charge in [0.15, 0.2) is 5.82 Å². The Balaban J connectivity index is 1.71. The Hall–Kier alpha value is -3.75. The van der Waals surface area contributed by atoms with Crippen LogP contribution in [0.15, 0.2) is 42.6 Å². The zero-order valence-corrected chi connectivity index (χ0v) is 18.0. The van der Waals surface area contributed by atoms with Crippen LogP contribution in [-0.2, 0) is 4.74 Å². The Labute approximate surface area is 179 Å². The maximum Gasteiger partial charge on any atom is 0.412 e. The van der Waals surface area contributed by atoms with Gasteiger partial charge < -0.3 is 10.1 Å². The van der Waals surface area contributed by atoms with Gasteiger partial charge in [0.2, 0.25) is 0 Å². The number of ether oxygens (including phenoxy) is 1. The van der Waals surface area contributed by atoms with E-state index >= 15 is 0 Å². The highest BCUT2D eigenvalue weighted by molar-refractivity contribution is 6.04. The number of nitrogens with one attached hydrogen (secondary N) is 2. The highest BCUT2D eigenvalue weighted by Gasteiger charge is 2.18. The van der Waals surface area contributed by atoms with Gasteiger partial charge in [0.05, 0.1) is 16.9 Å². The van der Waals surface area contributed by atoms with Crippen LogP contribution in [0.5, 0.6) is 0 Å². The number of rotatable bonds is 4. The van der Waals surface area contributed by atoms with Crippen molar-refractivity contribution in [2.45, 2.75) is 40.2 Å². The Morgan fingerprint density at radius 1 is 1.06 bits per heavy atom. The minimum Gasteiger partial charge on any atom is -0.444 e. The van der Waals surface area contributed by atoms with Crippen LogP contribution >= 0.6 is 0 Å². The first kappa shape index (κ1) is 21.9. The van der Waals surface area contributed by atoms with E-state index in [0.29, 0.717) is 17.1 Å². The second kappa shape index (κ2) is 8.55. The summed E-state index contributed by atoms with van der Waals surface area (Å²) in [5.41, 5.74) is 1.59. The van der Waals surface area contributed by atoms with Gasteiger partial charge in [-0.3, -0.25) is 10.1 Å². The van der Waals surface area contributed by atoms with Gasteiger partial charge in [0.1, 0.15) is 11.4 Å². The van der Waals surface area contributed by atoms with E-state index in [1.807, 2.05) is 19.9 Å². The number of hydrogen-bond acceptors (Lipinski definition) is 5. The lowest BCUT2D eigenvalue weighted by Gasteiger charge is -2.20. The van der Waals surface area contributed by atoms with Gasteiger partial charge in [-0.1, -0.05) is 0 Å². The van der Waals surface area contributed by atoms with Crippen LogP contribution < -0.4 is 10.6 Å². The fourth-order valence-electron chi connectivity index (χ4n) is 2.82. The molecule has 0 aliphatic heterocycles. The van der Waals surface area contributed by atoms with Crippen LogP contribution in [0.2, 0.25) is 0 Å². The summed E-state index contributed by atoms with van der Waals surface area (Å²) < 4.78 is 20.9. The quantitative estimate of drug-likeness (QED) is 0.635. The summed E-state index contributed by atoms with van der Waals surface area (Å²) in [7, 11) is 0. The number of benzene rings is 1. The molecule has 3 aromatic rings. The monoisotopic (exact) mass is 425 g/mol. The zero-order valence-electron chi connectivity index (χ0n) is 18.0. The zero-order chi connectivity index (χ0) is 22.8. The highest BCUT2D eigenvalue weighted by Crippen LogP contribution is 2.21. The number of nitrogens with zero attached hydrogens (tertiary/aromatic N) is 3. The molecule has 2 N–H and O–H groups in total. The van der Waals surface area contributed by atoms with E-state index < -0.39 is 23.4 Å². The van der Waals surface area contributed by atoms with Gasteiger partial charge in [-0.2, -0.15) is 5.10 Å². The van der Waals surface area contributed by atoms with E-state index in [1.165, 1.54) is 18.3 Å². The molecule has 0 saturated carbocycles. The lowest BCUT2D eigenvalue weighted by atomic mass is 10.2. The Morgan fingerprint density at radius 3 is 2.39 bits per heavy atom. The molecule has 0 aliphatic carbocycles. The predicted molar refractivity (Wildman–Crippen MR) is 115 cm³/mol. The molecule has 0 saturated heterocycles. The number of carbonyl (C=O) groups excluding carboxylic acids is 2. The molecular weight excluding hydrogens is 401 g/mol. The summed E-state index contributed by atoms with van der Waals surface area (Å²) in [6.45, 7) is 8.91. The molecule has 0 atom stereocenters. The van der Waals surface area contributed by atoms with Crippen molar-refractivity contribution in [3.8, 4) is 5.82 Å². The number of amides is 2. The first-order valence-electron chi connectivity index (χ1n) is 9.62. The van der Waals surface area contributed by atoms with E-state index in [1.54, 1.807) is 37.6 Å². The van der Waals surface area contributed by atoms with Crippen LogP contribution in [0.1, 0.15) is 42.5 Å². The van der Waals surface area contributed by atoms with Crippen molar-refractivity contribution in [1.82, 2.24) is 14.8 Å². The van der Waals surface area contributed by atoms with Gasteiger partial charge in [-0.25, -0.2) is 18.9 Å². The molecule has 162 valence electrons. The maximum absolute atomic E-state index is 14.1. The molecule has 9 heteroatoms. The third-order valence-corrected chi connectivity index (χ3v) is 4.10. The molecule has 8 nitrogen and oxygen atoms in total. The van der Waals surface area contributed by atoms with Gasteiger partial charge in [0, 0.05) is 17.6 Å². The molecule has 31 heavy (non-hydrogen) atoms. The van der Waals surface area contributed by atoms with Crippen molar-refractivity contribution in [2.75, 3.05) is 10.6 Å². The third-order valence-electron chi connectivity index (χ3n) is 4.10. The third kappa shape index (κ3) is 5.65. The molecular formula is C22H24FN5O3. The smallest absolute Gasteiger partial charge is 0.412 e. The topological polar surface area (TPSA) is 98.1 Å². The van der Waals surface area contributed by atoms with Crippen LogP contribution in [0, 0.1) is 19.7 Å². The van der Waals surface area contributed by atoms with Crippen molar-refractivity contribution < 1.29 is 18.7 Å². The number of anilines is 2. The number of aryl methyl sites for hydroxylation is 2. The number of carbonyl (C=O) groups is 2. The lowest BCUT2D eigenvalue weighted by molar-refractivity contribution is 0.0635. The van der Waals surface area contributed by atoms with Crippen molar-refractivity contribution in [2.24, 2.45) is 0 Å². The lowest BCUT2D eigenvalue weighted by Crippen LogP contribution is -2.27. The molecule has 1 aromatic carbocycles. The Morgan fingerprint density at radius 2 is 1.81 bits per heavy atom. The second-order valence-corrected chi connectivity index (χ2v) is 8.02. The molecule has 2 heterocycles. The van der Waals surface area contributed by atoms with Gasteiger partial charge in [0.25, 0.3) is 5.91 Å². The van der Waals surface area contributed by atoms with E-state index in [9.17, 15) is 14.0 Å². The van der Waals surface area contributed by atoms with E-state index in [4.69, 9.17) is 4.74 Å². The van der Waals surface area contributed by atoms with Crippen LogP contribution in [-0.4, -0.2) is 32.4 Å². The number of hydrogen-bond donors (Lipinski definition) is 2. The molecule has 0 bridgehead atoms. The maximum atomic E-state index is 14.1. The van der Waals surface area contributed by atoms with E-state index in [-0.39, 0.29) is 5.69 Å². The summed E-state index contributed by atoms with van der Waals surface area (Å²) in [5, 5.41) is 9.37.